The molecule has 2 nitrogen and oxygen atoms in total. The summed E-state index contributed by atoms with van der Waals surface area (Å²) in [5, 5.41) is 0. The molecule has 13 heavy (non-hydrogen) atoms. The van der Waals surface area contributed by atoms with Crippen LogP contribution in [0.25, 0.3) is 0 Å². The fourth-order valence-corrected chi connectivity index (χ4v) is 0.671. The van der Waals surface area contributed by atoms with Crippen LogP contribution in [-0.2, 0) is 0 Å². The smallest absolute Gasteiger partial charge is 0.372 e. The van der Waals surface area contributed by atoms with Crippen molar-refractivity contribution >= 4 is 5.78 Å². The third kappa shape index (κ3) is 1.71. The first kappa shape index (κ1) is 9.76. The largest absolute Gasteiger partial charge is 0.461 e. The molecule has 0 aromatic carbocycles. The van der Waals surface area contributed by atoms with Gasteiger partial charge in [0.05, 0.1) is 6.26 Å². The van der Waals surface area contributed by atoms with E-state index in [0.29, 0.717) is 0 Å². The summed E-state index contributed by atoms with van der Waals surface area (Å²) in [5.74, 6) is -7.46. The molecular weight excluding hydrogens is 192 g/mol. The summed E-state index contributed by atoms with van der Waals surface area (Å²) in [6.45, 7) is 0. The predicted molar refractivity (Wildman–Crippen MR) is 34.0 cm³/mol. The average Bonchev–Trinajstić information content (AvgIpc) is 2.54. The lowest BCUT2D eigenvalue weighted by atomic mass is 10.2. The van der Waals surface area contributed by atoms with Gasteiger partial charge >= 0.3 is 12.3 Å². The Morgan fingerprint density at radius 2 is 2.08 bits per heavy atom. The first-order valence-corrected chi connectivity index (χ1v) is 3.20. The fourth-order valence-electron chi connectivity index (χ4n) is 0.671. The Labute approximate surface area is 70.1 Å². The molecule has 0 aliphatic carbocycles. The second kappa shape index (κ2) is 3.20. The number of ketones is 1. The van der Waals surface area contributed by atoms with Gasteiger partial charge in [0.1, 0.15) is 0 Å². The maximum absolute atomic E-state index is 12.3. The van der Waals surface area contributed by atoms with E-state index in [1.54, 1.807) is 0 Å². The van der Waals surface area contributed by atoms with Crippen LogP contribution < -0.4 is 0 Å². The summed E-state index contributed by atoms with van der Waals surface area (Å²) < 4.78 is 52.2. The standard InChI is InChI=1S/C7H4F4O2/c8-6(9)7(10,11)5(12)4-2-1-3-13-4/h1-3,6H. The second-order valence-electron chi connectivity index (χ2n) is 2.23. The van der Waals surface area contributed by atoms with E-state index in [0.717, 1.165) is 18.4 Å². The summed E-state index contributed by atoms with van der Waals surface area (Å²) in [7, 11) is 0. The van der Waals surface area contributed by atoms with Crippen LogP contribution in [0.5, 0.6) is 0 Å². The Bertz CT molecular complexity index is 291. The molecule has 0 atom stereocenters. The van der Waals surface area contributed by atoms with Gasteiger partial charge in [-0.3, -0.25) is 4.79 Å². The molecule has 1 aromatic heterocycles. The van der Waals surface area contributed by atoms with Crippen molar-refractivity contribution in [3.63, 3.8) is 0 Å². The van der Waals surface area contributed by atoms with E-state index in [1.165, 1.54) is 0 Å². The number of rotatable bonds is 3. The number of hydrogen-bond donors (Lipinski definition) is 0. The van der Waals surface area contributed by atoms with Crippen LogP contribution in [0.2, 0.25) is 0 Å². The van der Waals surface area contributed by atoms with Gasteiger partial charge in [0.15, 0.2) is 5.76 Å². The van der Waals surface area contributed by atoms with Crippen molar-refractivity contribution in [2.45, 2.75) is 12.3 Å². The zero-order valence-electron chi connectivity index (χ0n) is 6.14. The average molecular weight is 196 g/mol. The minimum atomic E-state index is -4.68. The summed E-state index contributed by atoms with van der Waals surface area (Å²) in [6, 6.07) is 2.06. The molecule has 0 saturated heterocycles. The molecule has 72 valence electrons. The van der Waals surface area contributed by atoms with Gasteiger partial charge in [0.25, 0.3) is 5.78 Å². The second-order valence-corrected chi connectivity index (χ2v) is 2.23. The zero-order valence-corrected chi connectivity index (χ0v) is 6.14. The highest BCUT2D eigenvalue weighted by Crippen LogP contribution is 2.27. The molecule has 6 heteroatoms. The molecule has 1 rings (SSSR count). The highest BCUT2D eigenvalue weighted by molar-refractivity contribution is 5.99. The van der Waals surface area contributed by atoms with E-state index in [1.807, 2.05) is 0 Å². The van der Waals surface area contributed by atoms with Gasteiger partial charge in [-0.1, -0.05) is 0 Å². The minimum absolute atomic E-state index is 0.773. The minimum Gasteiger partial charge on any atom is -0.461 e. The van der Waals surface area contributed by atoms with E-state index in [-0.39, 0.29) is 0 Å². The summed E-state index contributed by atoms with van der Waals surface area (Å²) in [5.41, 5.74) is 0. The van der Waals surface area contributed by atoms with E-state index in [4.69, 9.17) is 0 Å². The number of furan rings is 1. The fraction of sp³-hybridized carbons (Fsp3) is 0.286. The number of Topliss-reactive ketones (excluding diaryl/α,β-unsaturated/α-hetero) is 1. The van der Waals surface area contributed by atoms with Crippen LogP contribution in [0.1, 0.15) is 10.6 Å². The van der Waals surface area contributed by atoms with Crippen LogP contribution >= 0.6 is 0 Å². The van der Waals surface area contributed by atoms with Gasteiger partial charge in [0, 0.05) is 0 Å². The third-order valence-corrected chi connectivity index (χ3v) is 1.32. The highest BCUT2D eigenvalue weighted by atomic mass is 19.3. The van der Waals surface area contributed by atoms with E-state index >= 15 is 0 Å². The number of carbonyl (C=O) groups is 1. The van der Waals surface area contributed by atoms with E-state index < -0.39 is 23.9 Å². The number of halogens is 4. The van der Waals surface area contributed by atoms with Crippen molar-refractivity contribution in [3.8, 4) is 0 Å². The van der Waals surface area contributed by atoms with Crippen molar-refractivity contribution in [2.75, 3.05) is 0 Å². The monoisotopic (exact) mass is 196 g/mol. The Morgan fingerprint density at radius 1 is 1.46 bits per heavy atom. The molecule has 0 aliphatic rings. The third-order valence-electron chi connectivity index (χ3n) is 1.32. The Kier molecular flexibility index (Phi) is 2.40. The van der Waals surface area contributed by atoms with Gasteiger partial charge < -0.3 is 4.42 Å². The lowest BCUT2D eigenvalue weighted by Gasteiger charge is -2.11. The van der Waals surface area contributed by atoms with Crippen LogP contribution in [0, 0.1) is 0 Å². The summed E-state index contributed by atoms with van der Waals surface area (Å²) in [6.07, 6.45) is -3.07. The molecule has 0 spiro atoms. The van der Waals surface area contributed by atoms with Crippen molar-refractivity contribution in [2.24, 2.45) is 0 Å². The van der Waals surface area contributed by atoms with Gasteiger partial charge in [-0.2, -0.15) is 8.78 Å². The van der Waals surface area contributed by atoms with Gasteiger partial charge in [-0.25, -0.2) is 8.78 Å². The normalized spacial score (nSPS) is 12.1. The maximum atomic E-state index is 12.3. The first-order chi connectivity index (χ1) is 5.96. The number of carbonyl (C=O) groups excluding carboxylic acids is 1. The van der Waals surface area contributed by atoms with Crippen molar-refractivity contribution in [1.82, 2.24) is 0 Å². The Morgan fingerprint density at radius 3 is 2.46 bits per heavy atom. The molecule has 0 bridgehead atoms. The number of hydrogen-bond acceptors (Lipinski definition) is 2. The molecule has 0 radical (unpaired) electrons. The lowest BCUT2D eigenvalue weighted by Crippen LogP contribution is -2.36. The predicted octanol–water partition coefficient (Wildman–Crippen LogP) is 2.36. The maximum Gasteiger partial charge on any atom is 0.372 e. The molecule has 0 N–H and O–H groups in total. The topological polar surface area (TPSA) is 30.2 Å². The van der Waals surface area contributed by atoms with E-state index in [2.05, 4.69) is 4.42 Å². The SMILES string of the molecule is O=C(c1ccco1)C(F)(F)C(F)F. The van der Waals surface area contributed by atoms with Crippen LogP contribution in [0.4, 0.5) is 17.6 Å². The van der Waals surface area contributed by atoms with Gasteiger partial charge in [0.2, 0.25) is 0 Å². The molecule has 0 saturated carbocycles. The molecule has 1 heterocycles. The Balaban J connectivity index is 2.91. The quantitative estimate of drug-likeness (QED) is 0.548. The molecule has 1 aromatic rings. The lowest BCUT2D eigenvalue weighted by molar-refractivity contribution is -0.0969. The van der Waals surface area contributed by atoms with Crippen molar-refractivity contribution in [1.29, 1.82) is 0 Å². The zero-order chi connectivity index (χ0) is 10.1. The van der Waals surface area contributed by atoms with Gasteiger partial charge in [-0.15, -0.1) is 0 Å². The van der Waals surface area contributed by atoms with Crippen molar-refractivity contribution in [3.05, 3.63) is 24.2 Å². The van der Waals surface area contributed by atoms with Crippen LogP contribution in [0.15, 0.2) is 22.8 Å². The molecule has 0 unspecified atom stereocenters. The summed E-state index contributed by atoms with van der Waals surface area (Å²) in [4.78, 5) is 10.6. The molecule has 0 amide bonds. The molecule has 0 aliphatic heterocycles. The number of alkyl halides is 4. The summed E-state index contributed by atoms with van der Waals surface area (Å²) >= 11 is 0. The van der Waals surface area contributed by atoms with Crippen molar-refractivity contribution < 1.29 is 26.8 Å². The molecular formula is C7H4F4O2. The molecule has 0 fully saturated rings. The van der Waals surface area contributed by atoms with Crippen LogP contribution in [0.3, 0.4) is 0 Å². The van der Waals surface area contributed by atoms with E-state index in [9.17, 15) is 22.4 Å². The Hall–Kier alpha value is -1.33. The van der Waals surface area contributed by atoms with Crippen LogP contribution in [-0.4, -0.2) is 18.1 Å². The first-order valence-electron chi connectivity index (χ1n) is 3.20. The highest BCUT2D eigenvalue weighted by Gasteiger charge is 2.50. The van der Waals surface area contributed by atoms with Gasteiger partial charge in [-0.05, 0) is 12.1 Å².